The summed E-state index contributed by atoms with van der Waals surface area (Å²) >= 11 is 0. The number of hydrogen-bond acceptors (Lipinski definition) is 0. The highest BCUT2D eigenvalue weighted by Gasteiger charge is 1.96. The largest absolute Gasteiger partial charge is 0.0854 e. The average Bonchev–Trinajstić information content (AvgIpc) is 1.97. The molecule has 12 heavy (non-hydrogen) atoms. The van der Waals surface area contributed by atoms with Crippen LogP contribution in [0.25, 0.3) is 0 Å². The summed E-state index contributed by atoms with van der Waals surface area (Å²) in [6.45, 7) is 11.3. The Kier molecular flexibility index (Phi) is 6.14. The minimum atomic E-state index is 0.726. The number of hydrogen-bond donors (Lipinski definition) is 0. The summed E-state index contributed by atoms with van der Waals surface area (Å²) in [5, 5.41) is 0. The van der Waals surface area contributed by atoms with Crippen molar-refractivity contribution in [2.45, 2.75) is 53.9 Å². The molecule has 0 aromatic carbocycles. The molecule has 0 nitrogen and oxygen atoms in total. The molecule has 0 aromatic rings. The van der Waals surface area contributed by atoms with Crippen LogP contribution in [0.15, 0.2) is 11.6 Å². The molecule has 0 saturated carbocycles. The molecule has 0 bridgehead atoms. The van der Waals surface area contributed by atoms with E-state index in [4.69, 9.17) is 0 Å². The van der Waals surface area contributed by atoms with Crippen LogP contribution < -0.4 is 0 Å². The molecule has 0 aromatic heterocycles. The fraction of sp³-hybridized carbons (Fsp3) is 0.833. The zero-order chi connectivity index (χ0) is 9.56. The van der Waals surface area contributed by atoms with Crippen LogP contribution in [-0.4, -0.2) is 0 Å². The smallest absolute Gasteiger partial charge is 0.0263 e. The zero-order valence-corrected chi connectivity index (χ0v) is 9.35. The summed E-state index contributed by atoms with van der Waals surface area (Å²) in [6.07, 6.45) is 6.37. The van der Waals surface area contributed by atoms with Crippen LogP contribution in [0.1, 0.15) is 53.9 Å². The van der Waals surface area contributed by atoms with Gasteiger partial charge < -0.3 is 0 Å². The van der Waals surface area contributed by atoms with Crippen molar-refractivity contribution in [1.29, 1.82) is 0 Å². The van der Waals surface area contributed by atoms with E-state index < -0.39 is 0 Å². The van der Waals surface area contributed by atoms with Crippen molar-refractivity contribution in [2.75, 3.05) is 0 Å². The van der Waals surface area contributed by atoms with Gasteiger partial charge in [-0.05, 0) is 31.6 Å². The lowest BCUT2D eigenvalue weighted by Crippen LogP contribution is -1.89. The maximum absolute atomic E-state index is 2.40. The third kappa shape index (κ3) is 6.45. The Morgan fingerprint density at radius 3 is 2.17 bits per heavy atom. The number of unbranched alkanes of at least 4 members (excludes halogenated alkanes) is 1. The zero-order valence-electron chi connectivity index (χ0n) is 9.35. The Bertz CT molecular complexity index is 129. The second-order valence-corrected chi connectivity index (χ2v) is 4.43. The first-order valence-corrected chi connectivity index (χ1v) is 5.20. The van der Waals surface area contributed by atoms with E-state index in [-0.39, 0.29) is 0 Å². The van der Waals surface area contributed by atoms with Gasteiger partial charge in [0, 0.05) is 0 Å². The Hall–Kier alpha value is -0.260. The van der Waals surface area contributed by atoms with E-state index in [0.29, 0.717) is 0 Å². The van der Waals surface area contributed by atoms with Crippen molar-refractivity contribution < 1.29 is 0 Å². The summed E-state index contributed by atoms with van der Waals surface area (Å²) < 4.78 is 0. The SMILES string of the molecule is C/C(=C/CCCC(C)C)C(C)C. The van der Waals surface area contributed by atoms with Gasteiger partial charge in [0.25, 0.3) is 0 Å². The minimum Gasteiger partial charge on any atom is -0.0854 e. The van der Waals surface area contributed by atoms with E-state index in [1.807, 2.05) is 0 Å². The molecule has 72 valence electrons. The summed E-state index contributed by atoms with van der Waals surface area (Å²) in [6, 6.07) is 0. The average molecular weight is 168 g/mol. The lowest BCUT2D eigenvalue weighted by molar-refractivity contribution is 0.558. The Labute approximate surface area is 78.1 Å². The van der Waals surface area contributed by atoms with Crippen LogP contribution in [0.3, 0.4) is 0 Å². The van der Waals surface area contributed by atoms with Crippen molar-refractivity contribution in [3.05, 3.63) is 11.6 Å². The first kappa shape index (κ1) is 11.7. The second-order valence-electron chi connectivity index (χ2n) is 4.43. The highest BCUT2D eigenvalue weighted by atomic mass is 14.0. The summed E-state index contributed by atoms with van der Waals surface area (Å²) in [4.78, 5) is 0. The van der Waals surface area contributed by atoms with Crippen molar-refractivity contribution in [3.63, 3.8) is 0 Å². The second kappa shape index (κ2) is 6.28. The quantitative estimate of drug-likeness (QED) is 0.421. The molecule has 0 rings (SSSR count). The van der Waals surface area contributed by atoms with E-state index >= 15 is 0 Å². The standard InChI is InChI=1S/C12H24/c1-10(2)8-6-7-9-12(5)11(3)4/h9-11H,6-8H2,1-5H3/b12-9-. The highest BCUT2D eigenvalue weighted by Crippen LogP contribution is 2.12. The first-order chi connectivity index (χ1) is 5.54. The number of allylic oxidation sites excluding steroid dienone is 2. The molecule has 0 heterocycles. The van der Waals surface area contributed by atoms with Crippen molar-refractivity contribution in [1.82, 2.24) is 0 Å². The van der Waals surface area contributed by atoms with Crippen LogP contribution in [-0.2, 0) is 0 Å². The molecule has 0 fully saturated rings. The van der Waals surface area contributed by atoms with Gasteiger partial charge in [-0.1, -0.05) is 45.8 Å². The van der Waals surface area contributed by atoms with Gasteiger partial charge in [-0.25, -0.2) is 0 Å². The van der Waals surface area contributed by atoms with E-state index in [1.165, 1.54) is 19.3 Å². The highest BCUT2D eigenvalue weighted by molar-refractivity contribution is 5.00. The lowest BCUT2D eigenvalue weighted by Gasteiger charge is -2.05. The molecule has 0 N–H and O–H groups in total. The molecule has 0 amide bonds. The molecule has 0 aliphatic rings. The van der Waals surface area contributed by atoms with Crippen LogP contribution in [0, 0.1) is 11.8 Å². The van der Waals surface area contributed by atoms with E-state index in [9.17, 15) is 0 Å². The van der Waals surface area contributed by atoms with Gasteiger partial charge in [-0.2, -0.15) is 0 Å². The molecule has 0 aliphatic carbocycles. The number of rotatable bonds is 5. The first-order valence-electron chi connectivity index (χ1n) is 5.20. The third-order valence-corrected chi connectivity index (χ3v) is 2.36. The van der Waals surface area contributed by atoms with Gasteiger partial charge >= 0.3 is 0 Å². The van der Waals surface area contributed by atoms with Gasteiger partial charge in [0.1, 0.15) is 0 Å². The molecular formula is C12H24. The van der Waals surface area contributed by atoms with Gasteiger partial charge in [-0.15, -0.1) is 0 Å². The van der Waals surface area contributed by atoms with Gasteiger partial charge in [0.05, 0.1) is 0 Å². The van der Waals surface area contributed by atoms with Gasteiger partial charge in [-0.3, -0.25) is 0 Å². The van der Waals surface area contributed by atoms with Crippen LogP contribution in [0.2, 0.25) is 0 Å². The normalized spacial score (nSPS) is 13.1. The topological polar surface area (TPSA) is 0 Å². The molecule has 0 radical (unpaired) electrons. The van der Waals surface area contributed by atoms with E-state index in [0.717, 1.165) is 11.8 Å². The van der Waals surface area contributed by atoms with Crippen LogP contribution in [0.5, 0.6) is 0 Å². The monoisotopic (exact) mass is 168 g/mol. The molecular weight excluding hydrogens is 144 g/mol. The Balaban J connectivity index is 3.47. The lowest BCUT2D eigenvalue weighted by atomic mass is 10.0. The maximum Gasteiger partial charge on any atom is -0.0263 e. The van der Waals surface area contributed by atoms with E-state index in [1.54, 1.807) is 5.57 Å². The van der Waals surface area contributed by atoms with E-state index in [2.05, 4.69) is 40.7 Å². The van der Waals surface area contributed by atoms with Crippen LogP contribution >= 0.6 is 0 Å². The van der Waals surface area contributed by atoms with Gasteiger partial charge in [0.2, 0.25) is 0 Å². The summed E-state index contributed by atoms with van der Waals surface area (Å²) in [5.74, 6) is 1.59. The molecule has 0 spiro atoms. The molecule has 0 aliphatic heterocycles. The molecule has 0 atom stereocenters. The Morgan fingerprint density at radius 1 is 1.17 bits per heavy atom. The third-order valence-electron chi connectivity index (χ3n) is 2.36. The van der Waals surface area contributed by atoms with Crippen LogP contribution in [0.4, 0.5) is 0 Å². The summed E-state index contributed by atoms with van der Waals surface area (Å²) in [5.41, 5.74) is 1.54. The Morgan fingerprint density at radius 2 is 1.75 bits per heavy atom. The fourth-order valence-electron chi connectivity index (χ4n) is 1.09. The van der Waals surface area contributed by atoms with Gasteiger partial charge in [0.15, 0.2) is 0 Å². The predicted octanol–water partition coefficient (Wildman–Crippen LogP) is 4.42. The maximum atomic E-state index is 2.40. The van der Waals surface area contributed by atoms with Crippen molar-refractivity contribution in [2.24, 2.45) is 11.8 Å². The minimum absolute atomic E-state index is 0.726. The molecule has 0 heteroatoms. The fourth-order valence-corrected chi connectivity index (χ4v) is 1.09. The molecule has 0 unspecified atom stereocenters. The summed E-state index contributed by atoms with van der Waals surface area (Å²) in [7, 11) is 0. The van der Waals surface area contributed by atoms with Crippen molar-refractivity contribution in [3.8, 4) is 0 Å². The van der Waals surface area contributed by atoms with Crippen molar-refractivity contribution >= 4 is 0 Å². The predicted molar refractivity (Wildman–Crippen MR) is 57.3 cm³/mol. The molecule has 0 saturated heterocycles.